The Labute approximate surface area is 121 Å². The van der Waals surface area contributed by atoms with Crippen LogP contribution in [0, 0.1) is 5.92 Å². The normalized spacial score (nSPS) is 25.8. The van der Waals surface area contributed by atoms with E-state index >= 15 is 0 Å². The number of hydrogen-bond acceptors (Lipinski definition) is 4. The lowest BCUT2D eigenvalue weighted by molar-refractivity contribution is -0.130. The average molecular weight is 282 g/mol. The van der Waals surface area contributed by atoms with E-state index in [4.69, 9.17) is 0 Å². The van der Waals surface area contributed by atoms with Crippen molar-refractivity contribution in [3.8, 4) is 0 Å². The second-order valence-electron chi connectivity index (χ2n) is 6.28. The van der Waals surface area contributed by atoms with Gasteiger partial charge in [-0.15, -0.1) is 0 Å². The van der Waals surface area contributed by atoms with Crippen LogP contribution < -0.4 is 5.32 Å². The topological polar surface area (TPSA) is 72.8 Å². The van der Waals surface area contributed by atoms with Gasteiger partial charge in [-0.1, -0.05) is 19.3 Å². The molecule has 0 spiro atoms. The fourth-order valence-electron chi connectivity index (χ4n) is 3.56. The molecule has 1 aliphatic heterocycles. The van der Waals surface area contributed by atoms with Gasteiger partial charge in [-0.05, 0) is 38.5 Å². The van der Waals surface area contributed by atoms with Crippen molar-refractivity contribution in [1.29, 1.82) is 0 Å². The Morgan fingerprint density at radius 3 is 2.60 bits per heavy atom. The number of carbonyl (C=O) groups excluding carboxylic acids is 1. The number of carbonyl (C=O) groups is 1. The van der Waals surface area contributed by atoms with Crippen molar-refractivity contribution in [3.05, 3.63) is 0 Å². The molecule has 0 radical (unpaired) electrons. The summed E-state index contributed by atoms with van der Waals surface area (Å²) in [4.78, 5) is 13.8. The summed E-state index contributed by atoms with van der Waals surface area (Å²) in [5, 5.41) is 21.9. The molecule has 0 aromatic rings. The molecule has 0 aromatic heterocycles. The predicted molar refractivity (Wildman–Crippen MR) is 79.0 cm³/mol. The summed E-state index contributed by atoms with van der Waals surface area (Å²) in [6.45, 7) is 3.10. The van der Waals surface area contributed by atoms with E-state index in [-0.39, 0.29) is 5.91 Å². The molecule has 20 heavy (non-hydrogen) atoms. The quantitative estimate of drug-likeness (QED) is 0.644. The van der Waals surface area contributed by atoms with Crippen LogP contribution >= 0.6 is 0 Å². The van der Waals surface area contributed by atoms with Crippen molar-refractivity contribution in [2.75, 3.05) is 13.1 Å². The monoisotopic (exact) mass is 282 g/mol. The number of rotatable bonds is 5. The maximum absolute atomic E-state index is 12.2. The van der Waals surface area contributed by atoms with Crippen LogP contribution in [0.1, 0.15) is 51.9 Å². The molecule has 1 aliphatic carbocycles. The number of nitrogens with one attached hydrogen (secondary N) is 1. The molecule has 1 saturated carbocycles. The molecule has 5 nitrogen and oxygen atoms in total. The lowest BCUT2D eigenvalue weighted by Gasteiger charge is -2.30. The van der Waals surface area contributed by atoms with Gasteiger partial charge in [-0.3, -0.25) is 4.79 Å². The first-order chi connectivity index (χ1) is 9.59. The van der Waals surface area contributed by atoms with E-state index in [1.807, 2.05) is 0 Å². The molecule has 6 heteroatoms. The molecule has 2 rings (SSSR count). The lowest BCUT2D eigenvalue weighted by Crippen LogP contribution is -2.49. The fourth-order valence-corrected chi connectivity index (χ4v) is 3.56. The molecule has 2 atom stereocenters. The van der Waals surface area contributed by atoms with Crippen molar-refractivity contribution >= 4 is 13.0 Å². The SMILES string of the molecule is C[C@@H](NCC(=O)N1CCC[C@H]1B(O)O)C1CCCCC1. The van der Waals surface area contributed by atoms with Gasteiger partial charge in [0.15, 0.2) is 0 Å². The maximum Gasteiger partial charge on any atom is 0.475 e. The van der Waals surface area contributed by atoms with Gasteiger partial charge in [0, 0.05) is 12.6 Å². The smallest absolute Gasteiger partial charge is 0.426 e. The van der Waals surface area contributed by atoms with E-state index in [9.17, 15) is 14.8 Å². The highest BCUT2D eigenvalue weighted by molar-refractivity contribution is 6.43. The summed E-state index contributed by atoms with van der Waals surface area (Å²) < 4.78 is 0. The third-order valence-corrected chi connectivity index (χ3v) is 4.90. The molecular weight excluding hydrogens is 255 g/mol. The summed E-state index contributed by atoms with van der Waals surface area (Å²) in [6.07, 6.45) is 7.99. The zero-order chi connectivity index (χ0) is 14.5. The minimum absolute atomic E-state index is 0.0109. The highest BCUT2D eigenvalue weighted by Crippen LogP contribution is 2.26. The van der Waals surface area contributed by atoms with E-state index in [1.165, 1.54) is 32.1 Å². The number of nitrogens with zero attached hydrogens (tertiary/aromatic N) is 1. The van der Waals surface area contributed by atoms with Gasteiger partial charge in [0.2, 0.25) is 5.91 Å². The molecule has 0 bridgehead atoms. The summed E-state index contributed by atoms with van der Waals surface area (Å²) >= 11 is 0. The van der Waals surface area contributed by atoms with Crippen LogP contribution in [0.4, 0.5) is 0 Å². The largest absolute Gasteiger partial charge is 0.475 e. The minimum Gasteiger partial charge on any atom is -0.426 e. The lowest BCUT2D eigenvalue weighted by atomic mass is 9.78. The molecule has 1 amide bonds. The van der Waals surface area contributed by atoms with Crippen LogP contribution in [0.15, 0.2) is 0 Å². The molecule has 2 fully saturated rings. The number of amides is 1. The second kappa shape index (κ2) is 7.43. The molecule has 1 saturated heterocycles. The van der Waals surface area contributed by atoms with Crippen molar-refractivity contribution < 1.29 is 14.8 Å². The van der Waals surface area contributed by atoms with Crippen LogP contribution in [0.25, 0.3) is 0 Å². The molecule has 3 N–H and O–H groups in total. The number of hydrogen-bond donors (Lipinski definition) is 3. The van der Waals surface area contributed by atoms with Crippen LogP contribution in [0.3, 0.4) is 0 Å². The van der Waals surface area contributed by atoms with Gasteiger partial charge in [-0.25, -0.2) is 0 Å². The Hall–Kier alpha value is -0.585. The molecule has 1 heterocycles. The van der Waals surface area contributed by atoms with E-state index in [2.05, 4.69) is 12.2 Å². The van der Waals surface area contributed by atoms with E-state index < -0.39 is 13.1 Å². The molecule has 0 unspecified atom stereocenters. The van der Waals surface area contributed by atoms with Gasteiger partial charge in [-0.2, -0.15) is 0 Å². The Morgan fingerprint density at radius 2 is 1.95 bits per heavy atom. The van der Waals surface area contributed by atoms with Crippen molar-refractivity contribution in [1.82, 2.24) is 10.2 Å². The zero-order valence-electron chi connectivity index (χ0n) is 12.4. The van der Waals surface area contributed by atoms with Gasteiger partial charge in [0.05, 0.1) is 12.5 Å². The Kier molecular flexibility index (Phi) is 5.87. The molecule has 0 aromatic carbocycles. The summed E-state index contributed by atoms with van der Waals surface area (Å²) in [5.41, 5.74) is 0. The molecule has 2 aliphatic rings. The van der Waals surface area contributed by atoms with Crippen LogP contribution in [0.2, 0.25) is 0 Å². The summed E-state index contributed by atoms with van der Waals surface area (Å²) in [6, 6.07) is 0.361. The van der Waals surface area contributed by atoms with Gasteiger partial charge in [0.1, 0.15) is 0 Å². The van der Waals surface area contributed by atoms with Gasteiger partial charge < -0.3 is 20.3 Å². The predicted octanol–water partition coefficient (Wildman–Crippen LogP) is 0.548. The Bertz CT molecular complexity index is 322. The third-order valence-electron chi connectivity index (χ3n) is 4.90. The van der Waals surface area contributed by atoms with Crippen LogP contribution in [0.5, 0.6) is 0 Å². The first kappa shape index (κ1) is 15.8. The van der Waals surface area contributed by atoms with E-state index in [0.717, 1.165) is 6.42 Å². The average Bonchev–Trinajstić information content (AvgIpc) is 2.95. The summed E-state index contributed by atoms with van der Waals surface area (Å²) in [7, 11) is -1.42. The zero-order valence-corrected chi connectivity index (χ0v) is 12.4. The van der Waals surface area contributed by atoms with E-state index in [1.54, 1.807) is 4.90 Å². The Balaban J connectivity index is 1.76. The van der Waals surface area contributed by atoms with Gasteiger partial charge in [0.25, 0.3) is 0 Å². The molecule has 114 valence electrons. The highest BCUT2D eigenvalue weighted by Gasteiger charge is 2.36. The summed E-state index contributed by atoms with van der Waals surface area (Å²) in [5.74, 6) is 0.243. The van der Waals surface area contributed by atoms with Crippen LogP contribution in [-0.4, -0.2) is 53.0 Å². The molecular formula is C14H27BN2O3. The van der Waals surface area contributed by atoms with Crippen molar-refractivity contribution in [3.63, 3.8) is 0 Å². The second-order valence-corrected chi connectivity index (χ2v) is 6.28. The minimum atomic E-state index is -1.42. The Morgan fingerprint density at radius 1 is 1.25 bits per heavy atom. The fraction of sp³-hybridized carbons (Fsp3) is 0.929. The third kappa shape index (κ3) is 3.96. The van der Waals surface area contributed by atoms with Gasteiger partial charge >= 0.3 is 7.12 Å². The van der Waals surface area contributed by atoms with Crippen LogP contribution in [-0.2, 0) is 4.79 Å². The van der Waals surface area contributed by atoms with E-state index in [0.29, 0.717) is 31.5 Å². The first-order valence-electron chi connectivity index (χ1n) is 7.98. The maximum atomic E-state index is 12.2. The van der Waals surface area contributed by atoms with Crippen molar-refractivity contribution in [2.24, 2.45) is 5.92 Å². The standard InChI is InChI=1S/C14H27BN2O3/c1-11(12-6-3-2-4-7-12)16-10-14(18)17-9-5-8-13(17)15(19)20/h11-13,16,19-20H,2-10H2,1H3/t11-,13+/m1/s1. The first-order valence-corrected chi connectivity index (χ1v) is 7.98. The van der Waals surface area contributed by atoms with Crippen molar-refractivity contribution in [2.45, 2.75) is 63.9 Å². The highest BCUT2D eigenvalue weighted by atomic mass is 16.4. The number of likely N-dealkylation sites (tertiary alicyclic amines) is 1.